The van der Waals surface area contributed by atoms with Gasteiger partial charge in [-0.1, -0.05) is 0 Å². The third-order valence-corrected chi connectivity index (χ3v) is 2.65. The van der Waals surface area contributed by atoms with Crippen molar-refractivity contribution < 1.29 is 14.6 Å². The highest BCUT2D eigenvalue weighted by molar-refractivity contribution is 5.79. The Labute approximate surface area is 119 Å². The summed E-state index contributed by atoms with van der Waals surface area (Å²) in [7, 11) is 3.24. The molecule has 0 atom stereocenters. The first-order chi connectivity index (χ1) is 9.74. The summed E-state index contributed by atoms with van der Waals surface area (Å²) in [4.78, 5) is 4.45. The van der Waals surface area contributed by atoms with E-state index in [9.17, 15) is 0 Å². The Morgan fingerprint density at radius 3 is 2.65 bits per heavy atom. The molecule has 3 N–H and O–H groups in total. The fourth-order valence-electron chi connectivity index (χ4n) is 1.66. The average molecular weight is 281 g/mol. The summed E-state index contributed by atoms with van der Waals surface area (Å²) in [6.45, 7) is 3.76. The van der Waals surface area contributed by atoms with Crippen molar-refractivity contribution in [3.63, 3.8) is 0 Å². The lowest BCUT2D eigenvalue weighted by Crippen LogP contribution is -2.38. The number of aliphatic imine (C=N–C) groups is 1. The number of aliphatic hydroxyl groups is 1. The van der Waals surface area contributed by atoms with Gasteiger partial charge in [-0.05, 0) is 19.1 Å². The fourth-order valence-corrected chi connectivity index (χ4v) is 1.66. The Bertz CT molecular complexity index is 436. The first kappa shape index (κ1) is 16.1. The van der Waals surface area contributed by atoms with Crippen LogP contribution in [0.4, 0.5) is 0 Å². The number of nitrogens with zero attached hydrogens (tertiary/aromatic N) is 1. The van der Waals surface area contributed by atoms with E-state index in [0.717, 1.165) is 23.6 Å². The van der Waals surface area contributed by atoms with E-state index < -0.39 is 0 Å². The Morgan fingerprint density at radius 1 is 1.25 bits per heavy atom. The summed E-state index contributed by atoms with van der Waals surface area (Å²) in [6, 6.07) is 5.64. The first-order valence-electron chi connectivity index (χ1n) is 6.59. The van der Waals surface area contributed by atoms with E-state index in [0.29, 0.717) is 19.0 Å². The van der Waals surface area contributed by atoms with Gasteiger partial charge in [-0.15, -0.1) is 0 Å². The Hall–Kier alpha value is -1.95. The minimum Gasteiger partial charge on any atom is -0.497 e. The predicted octanol–water partition coefficient (Wildman–Crippen LogP) is 0.751. The molecule has 0 bridgehead atoms. The molecule has 0 heterocycles. The van der Waals surface area contributed by atoms with Crippen molar-refractivity contribution >= 4 is 5.96 Å². The topological polar surface area (TPSA) is 75.1 Å². The summed E-state index contributed by atoms with van der Waals surface area (Å²) < 4.78 is 10.5. The van der Waals surface area contributed by atoms with Gasteiger partial charge in [-0.2, -0.15) is 0 Å². The number of ether oxygens (including phenoxy) is 2. The summed E-state index contributed by atoms with van der Waals surface area (Å²) in [5.41, 5.74) is 0.967. The molecule has 0 aromatic heterocycles. The lowest BCUT2D eigenvalue weighted by atomic mass is 10.2. The van der Waals surface area contributed by atoms with E-state index in [1.807, 2.05) is 25.1 Å². The molecule has 112 valence electrons. The number of nitrogens with one attached hydrogen (secondary N) is 2. The molecule has 1 rings (SSSR count). The second kappa shape index (κ2) is 9.03. The molecule has 0 aliphatic carbocycles. The molecular weight excluding hydrogens is 258 g/mol. The lowest BCUT2D eigenvalue weighted by molar-refractivity contribution is 0.300. The molecule has 6 nitrogen and oxygen atoms in total. The van der Waals surface area contributed by atoms with Crippen LogP contribution in [0.15, 0.2) is 23.2 Å². The molecular formula is C14H23N3O3. The number of benzene rings is 1. The Morgan fingerprint density at radius 2 is 2.05 bits per heavy atom. The van der Waals surface area contributed by atoms with Gasteiger partial charge in [-0.25, -0.2) is 4.99 Å². The zero-order valence-electron chi connectivity index (χ0n) is 12.3. The van der Waals surface area contributed by atoms with E-state index >= 15 is 0 Å². The first-order valence-corrected chi connectivity index (χ1v) is 6.59. The van der Waals surface area contributed by atoms with Crippen molar-refractivity contribution in [2.45, 2.75) is 13.5 Å². The third-order valence-electron chi connectivity index (χ3n) is 2.65. The molecule has 0 unspecified atom stereocenters. The van der Waals surface area contributed by atoms with Crippen LogP contribution in [0.2, 0.25) is 0 Å². The molecule has 0 fully saturated rings. The number of aliphatic hydroxyl groups excluding tert-OH is 1. The molecule has 0 radical (unpaired) electrons. The third kappa shape index (κ3) is 4.97. The van der Waals surface area contributed by atoms with Crippen molar-refractivity contribution in [1.82, 2.24) is 10.6 Å². The van der Waals surface area contributed by atoms with Gasteiger partial charge >= 0.3 is 0 Å². The number of hydrogen-bond acceptors (Lipinski definition) is 4. The van der Waals surface area contributed by atoms with Gasteiger partial charge in [0.05, 0.1) is 27.4 Å². The van der Waals surface area contributed by atoms with Crippen LogP contribution >= 0.6 is 0 Å². The molecule has 0 saturated carbocycles. The molecule has 0 aliphatic heterocycles. The maximum atomic E-state index is 8.83. The SMILES string of the molecule is CCNC(=NCc1ccc(OC)cc1OC)NCCO. The summed E-state index contributed by atoms with van der Waals surface area (Å²) >= 11 is 0. The van der Waals surface area contributed by atoms with Crippen molar-refractivity contribution in [3.8, 4) is 11.5 Å². The highest BCUT2D eigenvalue weighted by Gasteiger charge is 2.05. The summed E-state index contributed by atoms with van der Waals surface area (Å²) in [6.07, 6.45) is 0. The van der Waals surface area contributed by atoms with Gasteiger partial charge in [0.1, 0.15) is 11.5 Å². The van der Waals surface area contributed by atoms with Gasteiger partial charge in [-0.3, -0.25) is 0 Å². The van der Waals surface area contributed by atoms with Crippen LogP contribution in [0.25, 0.3) is 0 Å². The number of rotatable bonds is 7. The Kier molecular flexibility index (Phi) is 7.27. The normalized spacial score (nSPS) is 11.1. The fraction of sp³-hybridized carbons (Fsp3) is 0.500. The van der Waals surface area contributed by atoms with Crippen LogP contribution in [0, 0.1) is 0 Å². The zero-order chi connectivity index (χ0) is 14.8. The molecule has 0 saturated heterocycles. The standard InChI is InChI=1S/C14H23N3O3/c1-4-15-14(16-7-8-18)17-10-11-5-6-12(19-2)9-13(11)20-3/h5-6,9,18H,4,7-8,10H2,1-3H3,(H2,15,16,17). The molecule has 6 heteroatoms. The largest absolute Gasteiger partial charge is 0.497 e. The van der Waals surface area contributed by atoms with Gasteiger partial charge in [0.15, 0.2) is 5.96 Å². The van der Waals surface area contributed by atoms with Crippen molar-refractivity contribution in [2.24, 2.45) is 4.99 Å². The zero-order valence-corrected chi connectivity index (χ0v) is 12.3. The summed E-state index contributed by atoms with van der Waals surface area (Å²) in [5, 5.41) is 15.0. The van der Waals surface area contributed by atoms with Gasteiger partial charge in [0.2, 0.25) is 0 Å². The van der Waals surface area contributed by atoms with Crippen LogP contribution in [-0.4, -0.2) is 45.0 Å². The van der Waals surface area contributed by atoms with Crippen LogP contribution < -0.4 is 20.1 Å². The maximum absolute atomic E-state index is 8.83. The minimum atomic E-state index is 0.0657. The van der Waals surface area contributed by atoms with Gasteiger partial charge in [0, 0.05) is 24.7 Å². The Balaban J connectivity index is 2.79. The second-order valence-electron chi connectivity index (χ2n) is 4.02. The maximum Gasteiger partial charge on any atom is 0.191 e. The molecule has 1 aromatic carbocycles. The van der Waals surface area contributed by atoms with E-state index in [4.69, 9.17) is 14.6 Å². The molecule has 20 heavy (non-hydrogen) atoms. The second-order valence-corrected chi connectivity index (χ2v) is 4.02. The van der Waals surface area contributed by atoms with Gasteiger partial charge in [0.25, 0.3) is 0 Å². The molecule has 0 aliphatic rings. The van der Waals surface area contributed by atoms with E-state index in [-0.39, 0.29) is 6.61 Å². The minimum absolute atomic E-state index is 0.0657. The van der Waals surface area contributed by atoms with Crippen LogP contribution in [0.3, 0.4) is 0 Å². The van der Waals surface area contributed by atoms with Crippen LogP contribution in [-0.2, 0) is 6.54 Å². The van der Waals surface area contributed by atoms with E-state index in [1.165, 1.54) is 0 Å². The predicted molar refractivity (Wildman–Crippen MR) is 79.5 cm³/mol. The number of guanidine groups is 1. The van der Waals surface area contributed by atoms with E-state index in [2.05, 4.69) is 15.6 Å². The number of hydrogen-bond donors (Lipinski definition) is 3. The average Bonchev–Trinajstić information content (AvgIpc) is 2.49. The molecule has 0 amide bonds. The lowest BCUT2D eigenvalue weighted by Gasteiger charge is -2.12. The molecule has 0 spiro atoms. The highest BCUT2D eigenvalue weighted by Crippen LogP contribution is 2.24. The van der Waals surface area contributed by atoms with Crippen molar-refractivity contribution in [1.29, 1.82) is 0 Å². The smallest absolute Gasteiger partial charge is 0.191 e. The van der Waals surface area contributed by atoms with Crippen LogP contribution in [0.1, 0.15) is 12.5 Å². The molecule has 1 aromatic rings. The van der Waals surface area contributed by atoms with Crippen LogP contribution in [0.5, 0.6) is 11.5 Å². The summed E-state index contributed by atoms with van der Waals surface area (Å²) in [5.74, 6) is 2.16. The quantitative estimate of drug-likeness (QED) is 0.508. The van der Waals surface area contributed by atoms with Gasteiger partial charge < -0.3 is 25.2 Å². The number of methoxy groups -OCH3 is 2. The van der Waals surface area contributed by atoms with Crippen molar-refractivity contribution in [3.05, 3.63) is 23.8 Å². The van der Waals surface area contributed by atoms with E-state index in [1.54, 1.807) is 14.2 Å². The monoisotopic (exact) mass is 281 g/mol. The van der Waals surface area contributed by atoms with Crippen molar-refractivity contribution in [2.75, 3.05) is 33.9 Å². The highest BCUT2D eigenvalue weighted by atomic mass is 16.5.